The van der Waals surface area contributed by atoms with Crippen molar-refractivity contribution >= 4 is 11.9 Å². The molecule has 0 amide bonds. The highest BCUT2D eigenvalue weighted by Gasteiger charge is 2.28. The summed E-state index contributed by atoms with van der Waals surface area (Å²) in [6.07, 6.45) is 0. The van der Waals surface area contributed by atoms with Crippen molar-refractivity contribution < 1.29 is 23.8 Å². The molecule has 7 nitrogen and oxygen atoms in total. The average Bonchev–Trinajstić information content (AvgIpc) is 2.68. The van der Waals surface area contributed by atoms with Crippen molar-refractivity contribution in [2.75, 3.05) is 19.8 Å². The second-order valence-electron chi connectivity index (χ2n) is 3.52. The van der Waals surface area contributed by atoms with Gasteiger partial charge in [-0.05, 0) is 20.8 Å². The van der Waals surface area contributed by atoms with E-state index in [2.05, 4.69) is 4.98 Å². The van der Waals surface area contributed by atoms with Crippen molar-refractivity contribution in [2.45, 2.75) is 20.8 Å². The molecule has 0 N–H and O–H groups in total. The number of carbonyl (C=O) groups excluding carboxylic acids is 2. The van der Waals surface area contributed by atoms with Gasteiger partial charge in [-0.1, -0.05) is 0 Å². The predicted molar refractivity (Wildman–Crippen MR) is 66.3 cm³/mol. The largest absolute Gasteiger partial charge is 0.465 e. The maximum atomic E-state index is 11.9. The van der Waals surface area contributed by atoms with Crippen molar-refractivity contribution in [3.63, 3.8) is 0 Å². The molecule has 0 radical (unpaired) electrons. The maximum Gasteiger partial charge on any atom is 0.359 e. The second kappa shape index (κ2) is 6.77. The molecule has 0 fully saturated rings. The monoisotopic (exact) mass is 270 g/mol. The van der Waals surface area contributed by atoms with Crippen LogP contribution in [0.2, 0.25) is 0 Å². The Morgan fingerprint density at radius 1 is 1.05 bits per heavy atom. The Balaban J connectivity index is 3.22. The molecule has 0 saturated heterocycles. The normalized spacial score (nSPS) is 10.1. The summed E-state index contributed by atoms with van der Waals surface area (Å²) in [5.41, 5.74) is -0.0602. The third kappa shape index (κ3) is 3.24. The number of aromatic nitrogens is 2. The van der Waals surface area contributed by atoms with E-state index in [0.717, 1.165) is 0 Å². The lowest BCUT2D eigenvalue weighted by atomic mass is 10.3. The van der Waals surface area contributed by atoms with Crippen molar-refractivity contribution in [3.05, 3.63) is 11.4 Å². The van der Waals surface area contributed by atoms with Gasteiger partial charge in [0, 0.05) is 7.05 Å². The Morgan fingerprint density at radius 2 is 1.63 bits per heavy atom. The van der Waals surface area contributed by atoms with Crippen LogP contribution >= 0.6 is 0 Å². The Bertz CT molecular complexity index is 467. The first-order chi connectivity index (χ1) is 9.06. The van der Waals surface area contributed by atoms with Crippen LogP contribution in [0, 0.1) is 0 Å². The molecule has 1 aromatic rings. The van der Waals surface area contributed by atoms with Crippen LogP contribution in [0.1, 0.15) is 41.7 Å². The Morgan fingerprint density at radius 3 is 2.16 bits per heavy atom. The number of imidazole rings is 1. The second-order valence-corrected chi connectivity index (χ2v) is 3.52. The molecule has 19 heavy (non-hydrogen) atoms. The van der Waals surface area contributed by atoms with E-state index in [0.29, 0.717) is 6.61 Å². The molecule has 1 rings (SSSR count). The lowest BCUT2D eigenvalue weighted by Crippen LogP contribution is -2.16. The highest BCUT2D eigenvalue weighted by molar-refractivity contribution is 6.01. The van der Waals surface area contributed by atoms with E-state index in [1.54, 1.807) is 27.8 Å². The van der Waals surface area contributed by atoms with Gasteiger partial charge in [-0.2, -0.15) is 4.98 Å². The van der Waals surface area contributed by atoms with Gasteiger partial charge in [0.1, 0.15) is 0 Å². The smallest absolute Gasteiger partial charge is 0.359 e. The lowest BCUT2D eigenvalue weighted by Gasteiger charge is -2.06. The van der Waals surface area contributed by atoms with Gasteiger partial charge < -0.3 is 14.2 Å². The Hall–Kier alpha value is -2.05. The molecule has 1 heterocycles. The molecule has 0 aliphatic carbocycles. The molecule has 0 saturated carbocycles. The fourth-order valence-electron chi connectivity index (χ4n) is 1.51. The quantitative estimate of drug-likeness (QED) is 0.722. The number of nitrogens with zero attached hydrogens (tertiary/aromatic N) is 2. The van der Waals surface area contributed by atoms with Gasteiger partial charge in [-0.25, -0.2) is 9.59 Å². The average molecular weight is 270 g/mol. The number of rotatable bonds is 6. The van der Waals surface area contributed by atoms with Gasteiger partial charge in [-0.15, -0.1) is 0 Å². The zero-order valence-corrected chi connectivity index (χ0v) is 11.6. The number of esters is 2. The van der Waals surface area contributed by atoms with Crippen LogP contribution in [-0.2, 0) is 16.5 Å². The van der Waals surface area contributed by atoms with Gasteiger partial charge in [-0.3, -0.25) is 4.57 Å². The molecule has 0 bridgehead atoms. The molecule has 0 aliphatic rings. The molecule has 7 heteroatoms. The van der Waals surface area contributed by atoms with Gasteiger partial charge in [0.05, 0.1) is 19.8 Å². The van der Waals surface area contributed by atoms with E-state index >= 15 is 0 Å². The predicted octanol–water partition coefficient (Wildman–Crippen LogP) is 1.17. The minimum Gasteiger partial charge on any atom is -0.465 e. The van der Waals surface area contributed by atoms with Gasteiger partial charge in [0.25, 0.3) is 6.01 Å². The number of hydrogen-bond acceptors (Lipinski definition) is 6. The van der Waals surface area contributed by atoms with Crippen molar-refractivity contribution in [3.8, 4) is 6.01 Å². The molecular weight excluding hydrogens is 252 g/mol. The molecule has 0 aliphatic heterocycles. The first-order valence-corrected chi connectivity index (χ1v) is 6.10. The van der Waals surface area contributed by atoms with Crippen LogP contribution in [0.5, 0.6) is 6.01 Å². The summed E-state index contributed by atoms with van der Waals surface area (Å²) in [7, 11) is 1.58. The van der Waals surface area contributed by atoms with Crippen LogP contribution in [0.25, 0.3) is 0 Å². The van der Waals surface area contributed by atoms with Crippen LogP contribution in [0.4, 0.5) is 0 Å². The third-order valence-corrected chi connectivity index (χ3v) is 2.27. The van der Waals surface area contributed by atoms with Gasteiger partial charge >= 0.3 is 11.9 Å². The Kier molecular flexibility index (Phi) is 5.35. The molecule has 0 atom stereocenters. The van der Waals surface area contributed by atoms with E-state index in [1.165, 1.54) is 4.57 Å². The number of hydrogen-bond donors (Lipinski definition) is 0. The summed E-state index contributed by atoms with van der Waals surface area (Å²) < 4.78 is 16.4. The zero-order valence-electron chi connectivity index (χ0n) is 11.6. The van der Waals surface area contributed by atoms with E-state index in [-0.39, 0.29) is 30.6 Å². The van der Waals surface area contributed by atoms with E-state index in [1.807, 2.05) is 0 Å². The Labute approximate surface area is 111 Å². The topological polar surface area (TPSA) is 79.7 Å². The van der Waals surface area contributed by atoms with Crippen LogP contribution in [0.15, 0.2) is 0 Å². The summed E-state index contributed by atoms with van der Waals surface area (Å²) >= 11 is 0. The minimum absolute atomic E-state index is 0.0313. The summed E-state index contributed by atoms with van der Waals surface area (Å²) in [5.74, 6) is -1.31. The first-order valence-electron chi connectivity index (χ1n) is 6.10. The SMILES string of the molecule is CCOC(=O)c1nc(OCC)n(C)c1C(=O)OCC. The van der Waals surface area contributed by atoms with Gasteiger partial charge in [0.2, 0.25) is 0 Å². The standard InChI is InChI=1S/C12H18N2O5/c1-5-17-10(15)8-9(11(16)18-6-2)14(4)12(13-8)19-7-3/h5-7H2,1-4H3. The third-order valence-electron chi connectivity index (χ3n) is 2.27. The van der Waals surface area contributed by atoms with E-state index in [4.69, 9.17) is 14.2 Å². The van der Waals surface area contributed by atoms with Gasteiger partial charge in [0.15, 0.2) is 11.4 Å². The summed E-state index contributed by atoms with van der Waals surface area (Å²) in [4.78, 5) is 27.6. The minimum atomic E-state index is -0.674. The summed E-state index contributed by atoms with van der Waals surface area (Å²) in [6.45, 7) is 5.91. The van der Waals surface area contributed by atoms with Crippen LogP contribution in [0.3, 0.4) is 0 Å². The lowest BCUT2D eigenvalue weighted by molar-refractivity contribution is 0.0468. The molecule has 106 valence electrons. The number of carbonyl (C=O) groups is 2. The molecule has 0 spiro atoms. The first kappa shape index (κ1) is 15.0. The van der Waals surface area contributed by atoms with Crippen LogP contribution in [-0.4, -0.2) is 41.3 Å². The molecular formula is C12H18N2O5. The zero-order chi connectivity index (χ0) is 14.4. The van der Waals surface area contributed by atoms with E-state index < -0.39 is 11.9 Å². The number of ether oxygens (including phenoxy) is 3. The fraction of sp³-hybridized carbons (Fsp3) is 0.583. The highest BCUT2D eigenvalue weighted by atomic mass is 16.5. The molecule has 1 aromatic heterocycles. The highest BCUT2D eigenvalue weighted by Crippen LogP contribution is 2.18. The van der Waals surface area contributed by atoms with Crippen molar-refractivity contribution in [1.29, 1.82) is 0 Å². The maximum absolute atomic E-state index is 11.9. The van der Waals surface area contributed by atoms with E-state index in [9.17, 15) is 9.59 Å². The van der Waals surface area contributed by atoms with Crippen molar-refractivity contribution in [2.24, 2.45) is 7.05 Å². The fourth-order valence-corrected chi connectivity index (χ4v) is 1.51. The van der Waals surface area contributed by atoms with Crippen LogP contribution < -0.4 is 4.74 Å². The molecule has 0 aromatic carbocycles. The van der Waals surface area contributed by atoms with Crippen molar-refractivity contribution in [1.82, 2.24) is 9.55 Å². The summed E-state index contributed by atoms with van der Waals surface area (Å²) in [5, 5.41) is 0. The molecule has 0 unspecified atom stereocenters. The summed E-state index contributed by atoms with van der Waals surface area (Å²) in [6, 6.07) is 0.175.